The molecule has 18 heavy (non-hydrogen) atoms. The summed E-state index contributed by atoms with van der Waals surface area (Å²) in [5.74, 6) is 0.836. The molecule has 3 nitrogen and oxygen atoms in total. The first kappa shape index (κ1) is 14.2. The van der Waals surface area contributed by atoms with Gasteiger partial charge in [0.1, 0.15) is 5.69 Å². The van der Waals surface area contributed by atoms with Crippen molar-refractivity contribution in [2.24, 2.45) is 0 Å². The second-order valence-corrected chi connectivity index (χ2v) is 8.19. The Morgan fingerprint density at radius 3 is 2.67 bits per heavy atom. The molecule has 0 fully saturated rings. The Morgan fingerprint density at radius 2 is 2.11 bits per heavy atom. The SMILES string of the molecule is CC(C)(C)NCc1ncoc1-c1cc(Br)c(Br)s1. The van der Waals surface area contributed by atoms with Crippen LogP contribution in [-0.2, 0) is 6.54 Å². The van der Waals surface area contributed by atoms with Crippen molar-refractivity contribution in [3.05, 3.63) is 26.4 Å². The minimum absolute atomic E-state index is 0.0623. The fourth-order valence-electron chi connectivity index (χ4n) is 1.40. The summed E-state index contributed by atoms with van der Waals surface area (Å²) in [5, 5.41) is 3.41. The smallest absolute Gasteiger partial charge is 0.181 e. The van der Waals surface area contributed by atoms with Crippen LogP contribution in [0.2, 0.25) is 0 Å². The zero-order chi connectivity index (χ0) is 13.3. The molecule has 0 aliphatic rings. The minimum atomic E-state index is 0.0623. The number of rotatable bonds is 3. The molecule has 2 heterocycles. The van der Waals surface area contributed by atoms with Gasteiger partial charge in [0, 0.05) is 16.6 Å². The van der Waals surface area contributed by atoms with E-state index >= 15 is 0 Å². The topological polar surface area (TPSA) is 38.1 Å². The van der Waals surface area contributed by atoms with E-state index in [2.05, 4.69) is 62.9 Å². The summed E-state index contributed by atoms with van der Waals surface area (Å²) in [4.78, 5) is 5.35. The van der Waals surface area contributed by atoms with E-state index in [1.54, 1.807) is 11.3 Å². The number of hydrogen-bond acceptors (Lipinski definition) is 4. The zero-order valence-electron chi connectivity index (χ0n) is 10.4. The van der Waals surface area contributed by atoms with Crippen molar-refractivity contribution in [3.63, 3.8) is 0 Å². The molecule has 0 aliphatic heterocycles. The third-order valence-electron chi connectivity index (χ3n) is 2.30. The molecule has 0 bridgehead atoms. The molecule has 0 amide bonds. The quantitative estimate of drug-likeness (QED) is 0.812. The number of nitrogens with one attached hydrogen (secondary N) is 1. The van der Waals surface area contributed by atoms with Crippen LogP contribution in [0.15, 0.2) is 25.1 Å². The van der Waals surface area contributed by atoms with Crippen molar-refractivity contribution in [2.75, 3.05) is 0 Å². The average Bonchev–Trinajstić information content (AvgIpc) is 2.82. The van der Waals surface area contributed by atoms with Gasteiger partial charge in [0.25, 0.3) is 0 Å². The number of aromatic nitrogens is 1. The maximum Gasteiger partial charge on any atom is 0.181 e. The molecule has 2 aromatic heterocycles. The second-order valence-electron chi connectivity index (χ2n) is 4.96. The molecule has 0 saturated carbocycles. The summed E-state index contributed by atoms with van der Waals surface area (Å²) in [7, 11) is 0. The molecular formula is C12H14Br2N2OS. The van der Waals surface area contributed by atoms with Crippen molar-refractivity contribution in [2.45, 2.75) is 32.9 Å². The lowest BCUT2D eigenvalue weighted by molar-refractivity contribution is 0.421. The van der Waals surface area contributed by atoms with Gasteiger partial charge in [0.05, 0.1) is 8.66 Å². The van der Waals surface area contributed by atoms with E-state index < -0.39 is 0 Å². The molecule has 0 atom stereocenters. The third kappa shape index (κ3) is 3.44. The number of nitrogens with zero attached hydrogens (tertiary/aromatic N) is 1. The molecule has 1 N–H and O–H groups in total. The van der Waals surface area contributed by atoms with Crippen LogP contribution >= 0.6 is 43.2 Å². The van der Waals surface area contributed by atoms with Gasteiger partial charge in [-0.3, -0.25) is 0 Å². The molecule has 0 spiro atoms. The van der Waals surface area contributed by atoms with Crippen molar-refractivity contribution >= 4 is 43.2 Å². The molecular weight excluding hydrogens is 380 g/mol. The van der Waals surface area contributed by atoms with Crippen LogP contribution in [0.4, 0.5) is 0 Å². The zero-order valence-corrected chi connectivity index (χ0v) is 14.4. The third-order valence-corrected chi connectivity index (χ3v) is 5.55. The van der Waals surface area contributed by atoms with Crippen LogP contribution in [0.25, 0.3) is 10.6 Å². The Hall–Kier alpha value is -0.170. The van der Waals surface area contributed by atoms with E-state index in [1.165, 1.54) is 6.39 Å². The van der Waals surface area contributed by atoms with Crippen LogP contribution in [0.5, 0.6) is 0 Å². The Balaban J connectivity index is 2.22. The lowest BCUT2D eigenvalue weighted by Gasteiger charge is -2.19. The lowest BCUT2D eigenvalue weighted by atomic mass is 10.1. The molecule has 0 unspecified atom stereocenters. The van der Waals surface area contributed by atoms with Crippen molar-refractivity contribution < 1.29 is 4.42 Å². The summed E-state index contributed by atoms with van der Waals surface area (Å²) in [6.07, 6.45) is 1.50. The fourth-order valence-corrected chi connectivity index (χ4v) is 3.45. The summed E-state index contributed by atoms with van der Waals surface area (Å²) in [5.41, 5.74) is 0.999. The molecule has 98 valence electrons. The first-order chi connectivity index (χ1) is 8.37. The van der Waals surface area contributed by atoms with Crippen molar-refractivity contribution in [1.82, 2.24) is 10.3 Å². The predicted molar refractivity (Wildman–Crippen MR) is 81.8 cm³/mol. The summed E-state index contributed by atoms with van der Waals surface area (Å²) >= 11 is 8.60. The maximum absolute atomic E-state index is 5.50. The average molecular weight is 394 g/mol. The van der Waals surface area contributed by atoms with Gasteiger partial charge < -0.3 is 9.73 Å². The van der Waals surface area contributed by atoms with Crippen molar-refractivity contribution in [3.8, 4) is 10.6 Å². The monoisotopic (exact) mass is 392 g/mol. The van der Waals surface area contributed by atoms with E-state index in [-0.39, 0.29) is 5.54 Å². The Morgan fingerprint density at radius 1 is 1.39 bits per heavy atom. The Labute approximate surface area is 127 Å². The molecule has 0 saturated heterocycles. The minimum Gasteiger partial charge on any atom is -0.442 e. The predicted octanol–water partition coefficient (Wildman–Crippen LogP) is 4.82. The van der Waals surface area contributed by atoms with Gasteiger partial charge in [-0.25, -0.2) is 4.98 Å². The Bertz CT molecular complexity index is 523. The first-order valence-corrected chi connectivity index (χ1v) is 7.89. The highest BCUT2D eigenvalue weighted by Crippen LogP contribution is 2.39. The van der Waals surface area contributed by atoms with Gasteiger partial charge in [0.15, 0.2) is 12.2 Å². The van der Waals surface area contributed by atoms with Gasteiger partial charge in [-0.15, -0.1) is 11.3 Å². The first-order valence-electron chi connectivity index (χ1n) is 5.49. The van der Waals surface area contributed by atoms with Crippen LogP contribution < -0.4 is 5.32 Å². The van der Waals surface area contributed by atoms with Gasteiger partial charge in [-0.1, -0.05) is 0 Å². The Kier molecular flexibility index (Phi) is 4.31. The van der Waals surface area contributed by atoms with Crippen LogP contribution in [-0.4, -0.2) is 10.5 Å². The molecule has 6 heteroatoms. The fraction of sp³-hybridized carbons (Fsp3) is 0.417. The molecule has 0 aromatic carbocycles. The maximum atomic E-state index is 5.50. The number of thiophene rings is 1. The van der Waals surface area contributed by atoms with Crippen LogP contribution in [0, 0.1) is 0 Å². The van der Waals surface area contributed by atoms with Gasteiger partial charge in [0.2, 0.25) is 0 Å². The summed E-state index contributed by atoms with van der Waals surface area (Å²) in [6, 6.07) is 2.04. The van der Waals surface area contributed by atoms with E-state index in [4.69, 9.17) is 4.42 Å². The van der Waals surface area contributed by atoms with Gasteiger partial charge in [-0.2, -0.15) is 0 Å². The highest BCUT2D eigenvalue weighted by atomic mass is 79.9. The van der Waals surface area contributed by atoms with E-state index in [9.17, 15) is 0 Å². The highest BCUT2D eigenvalue weighted by molar-refractivity contribution is 9.13. The lowest BCUT2D eigenvalue weighted by Crippen LogP contribution is -2.35. The van der Waals surface area contributed by atoms with Crippen LogP contribution in [0.1, 0.15) is 26.5 Å². The molecule has 0 aliphatic carbocycles. The van der Waals surface area contributed by atoms with E-state index in [1.807, 2.05) is 6.07 Å². The van der Waals surface area contributed by atoms with E-state index in [0.29, 0.717) is 6.54 Å². The van der Waals surface area contributed by atoms with E-state index in [0.717, 1.165) is 24.6 Å². The number of hydrogen-bond donors (Lipinski definition) is 1. The second kappa shape index (κ2) is 5.45. The van der Waals surface area contributed by atoms with Crippen LogP contribution in [0.3, 0.4) is 0 Å². The molecule has 2 rings (SSSR count). The molecule has 0 radical (unpaired) electrons. The summed E-state index contributed by atoms with van der Waals surface area (Å²) < 4.78 is 7.60. The van der Waals surface area contributed by atoms with Gasteiger partial charge >= 0.3 is 0 Å². The standard InChI is InChI=1S/C12H14Br2N2OS/c1-12(2,3)16-5-8-10(17-6-15-8)9-4-7(13)11(14)18-9/h4,6,16H,5H2,1-3H3. The summed E-state index contributed by atoms with van der Waals surface area (Å²) in [6.45, 7) is 7.09. The van der Waals surface area contributed by atoms with Gasteiger partial charge in [-0.05, 0) is 58.7 Å². The van der Waals surface area contributed by atoms with Crippen molar-refractivity contribution in [1.29, 1.82) is 0 Å². The number of oxazole rings is 1. The largest absolute Gasteiger partial charge is 0.442 e. The highest BCUT2D eigenvalue weighted by Gasteiger charge is 2.17. The molecule has 2 aromatic rings. The normalized spacial score (nSPS) is 12.1. The number of halogens is 2.